The van der Waals surface area contributed by atoms with Crippen molar-refractivity contribution in [2.45, 2.75) is 6.54 Å². The predicted octanol–water partition coefficient (Wildman–Crippen LogP) is 4.58. The van der Waals surface area contributed by atoms with Crippen LogP contribution < -0.4 is 9.64 Å². The highest BCUT2D eigenvalue weighted by molar-refractivity contribution is 6.09. The Morgan fingerprint density at radius 2 is 1.73 bits per heavy atom. The summed E-state index contributed by atoms with van der Waals surface area (Å²) < 4.78 is 23.8. The Hall–Kier alpha value is -3.93. The molecular weight excluding hydrogens is 385 g/mol. The van der Waals surface area contributed by atoms with Crippen molar-refractivity contribution in [3.8, 4) is 5.75 Å². The molecule has 0 saturated heterocycles. The van der Waals surface area contributed by atoms with Gasteiger partial charge in [-0.1, -0.05) is 36.4 Å². The van der Waals surface area contributed by atoms with Gasteiger partial charge in [-0.05, 0) is 53.6 Å². The predicted molar refractivity (Wildman–Crippen MR) is 110 cm³/mol. The monoisotopic (exact) mass is 403 g/mol. The van der Waals surface area contributed by atoms with Crippen LogP contribution >= 0.6 is 0 Å². The molecule has 0 radical (unpaired) electrons. The molecule has 0 fully saturated rings. The maximum atomic E-state index is 13.2. The van der Waals surface area contributed by atoms with E-state index in [9.17, 15) is 14.0 Å². The number of anilines is 1. The van der Waals surface area contributed by atoms with Gasteiger partial charge in [0.05, 0.1) is 24.9 Å². The Bertz CT molecular complexity index is 1120. The molecule has 1 amide bonds. The Morgan fingerprint density at radius 3 is 2.43 bits per heavy atom. The van der Waals surface area contributed by atoms with E-state index in [1.54, 1.807) is 59.5 Å². The van der Waals surface area contributed by atoms with Crippen LogP contribution in [0, 0.1) is 5.82 Å². The minimum atomic E-state index is -0.432. The molecule has 0 atom stereocenters. The molecule has 1 aliphatic heterocycles. The minimum Gasteiger partial charge on any atom is -0.465 e. The van der Waals surface area contributed by atoms with Crippen LogP contribution in [0.25, 0.3) is 6.08 Å². The van der Waals surface area contributed by atoms with E-state index >= 15 is 0 Å². The molecule has 3 aromatic carbocycles. The van der Waals surface area contributed by atoms with Gasteiger partial charge < -0.3 is 9.47 Å². The highest BCUT2D eigenvalue weighted by atomic mass is 19.1. The zero-order valence-electron chi connectivity index (χ0n) is 16.2. The Morgan fingerprint density at radius 1 is 1.03 bits per heavy atom. The molecule has 150 valence electrons. The number of halogens is 1. The summed E-state index contributed by atoms with van der Waals surface area (Å²) in [5.74, 6) is -0.365. The zero-order chi connectivity index (χ0) is 21.1. The van der Waals surface area contributed by atoms with Gasteiger partial charge in [-0.15, -0.1) is 0 Å². The Balaban J connectivity index is 1.66. The molecule has 0 saturated carbocycles. The number of nitrogens with zero attached hydrogens (tertiary/aromatic N) is 1. The van der Waals surface area contributed by atoms with Crippen LogP contribution in [-0.2, 0) is 16.1 Å². The van der Waals surface area contributed by atoms with Gasteiger partial charge in [0, 0.05) is 0 Å². The molecule has 6 heteroatoms. The lowest BCUT2D eigenvalue weighted by molar-refractivity contribution is -0.117. The van der Waals surface area contributed by atoms with Crippen LogP contribution in [-0.4, -0.2) is 19.0 Å². The normalized spacial score (nSPS) is 14.3. The number of carbonyl (C=O) groups is 2. The first kappa shape index (κ1) is 19.4. The van der Waals surface area contributed by atoms with Gasteiger partial charge >= 0.3 is 5.97 Å². The maximum Gasteiger partial charge on any atom is 0.337 e. The average Bonchev–Trinajstić information content (AvgIpc) is 2.78. The minimum absolute atomic E-state index is 0.154. The van der Waals surface area contributed by atoms with Crippen molar-refractivity contribution < 1.29 is 23.5 Å². The summed E-state index contributed by atoms with van der Waals surface area (Å²) in [5, 5.41) is 0. The Kier molecular flexibility index (Phi) is 5.30. The summed E-state index contributed by atoms with van der Waals surface area (Å²) in [4.78, 5) is 26.4. The molecule has 0 aromatic heterocycles. The Labute approximate surface area is 173 Å². The topological polar surface area (TPSA) is 55.8 Å². The number of fused-ring (bicyclic) bond motifs is 1. The van der Waals surface area contributed by atoms with Crippen LogP contribution in [0.4, 0.5) is 10.1 Å². The van der Waals surface area contributed by atoms with Crippen LogP contribution in [0.2, 0.25) is 0 Å². The van der Waals surface area contributed by atoms with Crippen LogP contribution in [0.5, 0.6) is 5.75 Å². The fourth-order valence-electron chi connectivity index (χ4n) is 3.18. The van der Waals surface area contributed by atoms with E-state index < -0.39 is 5.97 Å². The summed E-state index contributed by atoms with van der Waals surface area (Å²) in [5.41, 5.74) is 2.55. The molecule has 1 aliphatic rings. The van der Waals surface area contributed by atoms with E-state index in [4.69, 9.17) is 9.47 Å². The smallest absolute Gasteiger partial charge is 0.337 e. The van der Waals surface area contributed by atoms with E-state index in [1.165, 1.54) is 19.2 Å². The number of rotatable bonds is 4. The summed E-state index contributed by atoms with van der Waals surface area (Å²) in [6.07, 6.45) is 1.62. The van der Waals surface area contributed by atoms with Crippen molar-refractivity contribution in [2.75, 3.05) is 12.0 Å². The molecule has 0 spiro atoms. The van der Waals surface area contributed by atoms with E-state index in [2.05, 4.69) is 0 Å². The van der Waals surface area contributed by atoms with Gasteiger partial charge in [-0.3, -0.25) is 9.69 Å². The standard InChI is InChI=1S/C24H18FNO4/c1-29-24(28)18-10-6-16(7-11-18)14-22-23(27)26(15-17-8-12-19(25)13-9-17)20-4-2-3-5-21(20)30-22/h2-14H,15H2,1H3/b22-14+. The van der Waals surface area contributed by atoms with Gasteiger partial charge in [0.2, 0.25) is 0 Å². The molecule has 5 nitrogen and oxygen atoms in total. The van der Waals surface area contributed by atoms with E-state index in [0.717, 1.165) is 5.56 Å². The fourth-order valence-corrected chi connectivity index (χ4v) is 3.18. The average molecular weight is 403 g/mol. The second kappa shape index (κ2) is 8.21. The van der Waals surface area contributed by atoms with Gasteiger partial charge in [-0.2, -0.15) is 0 Å². The lowest BCUT2D eigenvalue weighted by atomic mass is 10.1. The molecule has 4 rings (SSSR count). The number of amides is 1. The van der Waals surface area contributed by atoms with Gasteiger partial charge in [0.25, 0.3) is 5.91 Å². The van der Waals surface area contributed by atoms with Crippen LogP contribution in [0.3, 0.4) is 0 Å². The lowest BCUT2D eigenvalue weighted by Gasteiger charge is -2.30. The van der Waals surface area contributed by atoms with Crippen molar-refractivity contribution in [3.05, 3.63) is 101 Å². The number of benzene rings is 3. The largest absolute Gasteiger partial charge is 0.465 e. The summed E-state index contributed by atoms with van der Waals surface area (Å²) in [6, 6.07) is 19.9. The van der Waals surface area contributed by atoms with E-state index in [0.29, 0.717) is 22.6 Å². The fraction of sp³-hybridized carbons (Fsp3) is 0.0833. The molecule has 0 N–H and O–H groups in total. The molecule has 0 bridgehead atoms. The summed E-state index contributed by atoms with van der Waals surface area (Å²) in [6.45, 7) is 0.276. The number of methoxy groups -OCH3 is 1. The molecule has 0 unspecified atom stereocenters. The third-order valence-electron chi connectivity index (χ3n) is 4.72. The molecule has 1 heterocycles. The van der Waals surface area contributed by atoms with Crippen molar-refractivity contribution >= 4 is 23.6 Å². The number of para-hydroxylation sites is 2. The second-order valence-corrected chi connectivity index (χ2v) is 6.71. The molecule has 0 aliphatic carbocycles. The van der Waals surface area contributed by atoms with E-state index in [1.807, 2.05) is 12.1 Å². The number of hydrogen-bond acceptors (Lipinski definition) is 4. The second-order valence-electron chi connectivity index (χ2n) is 6.71. The molecular formula is C24H18FNO4. The first-order valence-electron chi connectivity index (χ1n) is 9.28. The summed E-state index contributed by atoms with van der Waals surface area (Å²) >= 11 is 0. The quantitative estimate of drug-likeness (QED) is 0.473. The highest BCUT2D eigenvalue weighted by Crippen LogP contribution is 2.36. The number of ether oxygens (including phenoxy) is 2. The van der Waals surface area contributed by atoms with Crippen molar-refractivity contribution in [1.82, 2.24) is 0 Å². The lowest BCUT2D eigenvalue weighted by Crippen LogP contribution is -2.36. The third-order valence-corrected chi connectivity index (χ3v) is 4.72. The maximum absolute atomic E-state index is 13.2. The highest BCUT2D eigenvalue weighted by Gasteiger charge is 2.30. The number of hydrogen-bond donors (Lipinski definition) is 0. The molecule has 3 aromatic rings. The van der Waals surface area contributed by atoms with Gasteiger partial charge in [0.1, 0.15) is 5.82 Å². The van der Waals surface area contributed by atoms with Gasteiger partial charge in [-0.25, -0.2) is 9.18 Å². The number of esters is 1. The first-order chi connectivity index (χ1) is 14.5. The number of carbonyl (C=O) groups excluding carboxylic acids is 2. The zero-order valence-corrected chi connectivity index (χ0v) is 16.2. The van der Waals surface area contributed by atoms with Crippen LogP contribution in [0.1, 0.15) is 21.5 Å². The first-order valence-corrected chi connectivity index (χ1v) is 9.28. The SMILES string of the molecule is COC(=O)c1ccc(/C=C2/Oc3ccccc3N(Cc3ccc(F)cc3)C2=O)cc1. The van der Waals surface area contributed by atoms with Gasteiger partial charge in [0.15, 0.2) is 11.5 Å². The third kappa shape index (κ3) is 3.93. The van der Waals surface area contributed by atoms with Crippen molar-refractivity contribution in [2.24, 2.45) is 0 Å². The van der Waals surface area contributed by atoms with Crippen molar-refractivity contribution in [3.63, 3.8) is 0 Å². The summed E-state index contributed by atoms with van der Waals surface area (Å²) in [7, 11) is 1.32. The van der Waals surface area contributed by atoms with Crippen LogP contribution in [0.15, 0.2) is 78.6 Å². The molecule has 30 heavy (non-hydrogen) atoms. The van der Waals surface area contributed by atoms with Crippen molar-refractivity contribution in [1.29, 1.82) is 0 Å². The van der Waals surface area contributed by atoms with E-state index in [-0.39, 0.29) is 24.0 Å².